The first-order valence-electron chi connectivity index (χ1n) is 5.66. The highest BCUT2D eigenvalue weighted by Gasteiger charge is 2.14. The summed E-state index contributed by atoms with van der Waals surface area (Å²) in [6, 6.07) is 8.01. The Balaban J connectivity index is 2.26. The summed E-state index contributed by atoms with van der Waals surface area (Å²) in [6.07, 6.45) is 0. The first-order chi connectivity index (χ1) is 9.04. The molecule has 0 radical (unpaired) electrons. The molecule has 0 saturated heterocycles. The highest BCUT2D eigenvalue weighted by molar-refractivity contribution is 6.34. The van der Waals surface area contributed by atoms with Crippen LogP contribution in [0, 0.1) is 12.7 Å². The third-order valence-electron chi connectivity index (χ3n) is 2.85. The second-order valence-corrected chi connectivity index (χ2v) is 4.75. The number of rotatable bonds is 1. The maximum absolute atomic E-state index is 13.3. The summed E-state index contributed by atoms with van der Waals surface area (Å²) in [4.78, 5) is 4.24. The summed E-state index contributed by atoms with van der Waals surface area (Å²) in [7, 11) is 0. The quantitative estimate of drug-likeness (QED) is 0.678. The summed E-state index contributed by atoms with van der Waals surface area (Å²) in [5.41, 5.74) is 8.89. The van der Waals surface area contributed by atoms with E-state index < -0.39 is 5.82 Å². The molecule has 0 fully saturated rings. The van der Waals surface area contributed by atoms with Crippen LogP contribution in [0.3, 0.4) is 0 Å². The van der Waals surface area contributed by atoms with Gasteiger partial charge in [-0.2, -0.15) is 0 Å². The molecule has 1 aromatic heterocycles. The number of nitrogen functional groups attached to an aromatic ring is 1. The molecule has 0 bridgehead atoms. The number of hydrogen-bond acceptors (Lipinski definition) is 3. The zero-order valence-corrected chi connectivity index (χ0v) is 10.8. The number of aryl methyl sites for hydroxylation is 1. The summed E-state index contributed by atoms with van der Waals surface area (Å²) < 4.78 is 18.8. The van der Waals surface area contributed by atoms with Gasteiger partial charge in [0.05, 0.1) is 10.6 Å². The van der Waals surface area contributed by atoms with Gasteiger partial charge in [0.1, 0.15) is 11.3 Å². The van der Waals surface area contributed by atoms with Gasteiger partial charge < -0.3 is 10.2 Å². The SMILES string of the molecule is Cc1ccc(N)c(-c2nc3cc(F)cc(Cl)c3o2)c1. The second-order valence-electron chi connectivity index (χ2n) is 4.35. The molecule has 0 unspecified atom stereocenters. The van der Waals surface area contributed by atoms with Crippen LogP contribution in [-0.2, 0) is 0 Å². The number of nitrogens with two attached hydrogens (primary N) is 1. The van der Waals surface area contributed by atoms with Gasteiger partial charge in [-0.25, -0.2) is 9.37 Å². The number of aromatic nitrogens is 1. The van der Waals surface area contributed by atoms with Crippen LogP contribution >= 0.6 is 11.6 Å². The fourth-order valence-electron chi connectivity index (χ4n) is 1.93. The summed E-state index contributed by atoms with van der Waals surface area (Å²) in [5, 5.41) is 0.194. The predicted molar refractivity (Wildman–Crippen MR) is 73.6 cm³/mol. The average Bonchev–Trinajstić information content (AvgIpc) is 2.76. The van der Waals surface area contributed by atoms with E-state index in [1.807, 2.05) is 19.1 Å². The van der Waals surface area contributed by atoms with Crippen molar-refractivity contribution >= 4 is 28.4 Å². The van der Waals surface area contributed by atoms with E-state index in [2.05, 4.69) is 4.98 Å². The van der Waals surface area contributed by atoms with Gasteiger partial charge in [0.25, 0.3) is 0 Å². The van der Waals surface area contributed by atoms with Gasteiger partial charge >= 0.3 is 0 Å². The number of benzene rings is 2. The minimum absolute atomic E-state index is 0.194. The smallest absolute Gasteiger partial charge is 0.229 e. The molecular formula is C14H10ClFN2O. The number of fused-ring (bicyclic) bond motifs is 1. The molecule has 0 aliphatic carbocycles. The largest absolute Gasteiger partial charge is 0.434 e. The van der Waals surface area contributed by atoms with E-state index in [1.165, 1.54) is 12.1 Å². The lowest BCUT2D eigenvalue weighted by molar-refractivity contribution is 0.614. The Morgan fingerprint density at radius 2 is 2.05 bits per heavy atom. The highest BCUT2D eigenvalue weighted by Crippen LogP contribution is 2.32. The Kier molecular flexibility index (Phi) is 2.68. The number of oxazole rings is 1. The van der Waals surface area contributed by atoms with Crippen LogP contribution in [-0.4, -0.2) is 4.98 Å². The molecule has 0 amide bonds. The van der Waals surface area contributed by atoms with Crippen LogP contribution in [0.1, 0.15) is 5.56 Å². The van der Waals surface area contributed by atoms with Gasteiger partial charge in [0.15, 0.2) is 5.58 Å². The minimum Gasteiger partial charge on any atom is -0.434 e. The normalized spacial score (nSPS) is 11.1. The van der Waals surface area contributed by atoms with Crippen molar-refractivity contribution in [3.8, 4) is 11.5 Å². The topological polar surface area (TPSA) is 52.0 Å². The van der Waals surface area contributed by atoms with E-state index >= 15 is 0 Å². The molecule has 0 aliphatic heterocycles. The maximum atomic E-state index is 13.3. The van der Waals surface area contributed by atoms with Gasteiger partial charge in [-0.1, -0.05) is 23.2 Å². The molecule has 0 spiro atoms. The summed E-state index contributed by atoms with van der Waals surface area (Å²) in [6.45, 7) is 1.94. The summed E-state index contributed by atoms with van der Waals surface area (Å²) >= 11 is 5.93. The number of anilines is 1. The number of nitrogens with zero attached hydrogens (tertiary/aromatic N) is 1. The standard InChI is InChI=1S/C14H10ClFN2O/c1-7-2-3-11(17)9(4-7)14-18-12-6-8(16)5-10(15)13(12)19-14/h2-6H,17H2,1H3. The minimum atomic E-state index is -0.449. The molecule has 5 heteroatoms. The van der Waals surface area contributed by atoms with Gasteiger partial charge in [-0.05, 0) is 25.1 Å². The molecule has 2 aromatic carbocycles. The third kappa shape index (κ3) is 2.04. The first kappa shape index (κ1) is 12.0. The van der Waals surface area contributed by atoms with E-state index in [9.17, 15) is 4.39 Å². The lowest BCUT2D eigenvalue weighted by Gasteiger charge is -2.01. The van der Waals surface area contributed by atoms with Crippen molar-refractivity contribution in [2.75, 3.05) is 5.73 Å². The Hall–Kier alpha value is -2.07. The fourth-order valence-corrected chi connectivity index (χ4v) is 2.17. The first-order valence-corrected chi connectivity index (χ1v) is 6.04. The van der Waals surface area contributed by atoms with Gasteiger partial charge in [0, 0.05) is 11.8 Å². The van der Waals surface area contributed by atoms with Crippen LogP contribution in [0.15, 0.2) is 34.7 Å². The molecule has 19 heavy (non-hydrogen) atoms. The van der Waals surface area contributed by atoms with E-state index in [1.54, 1.807) is 6.07 Å². The molecule has 3 nitrogen and oxygen atoms in total. The highest BCUT2D eigenvalue weighted by atomic mass is 35.5. The van der Waals surface area contributed by atoms with Crippen LogP contribution in [0.2, 0.25) is 5.02 Å². The van der Waals surface area contributed by atoms with Crippen molar-refractivity contribution in [2.45, 2.75) is 6.92 Å². The van der Waals surface area contributed by atoms with E-state index in [4.69, 9.17) is 21.8 Å². The molecular weight excluding hydrogens is 267 g/mol. The Morgan fingerprint density at radius 3 is 2.84 bits per heavy atom. The van der Waals surface area contributed by atoms with Crippen molar-refractivity contribution < 1.29 is 8.81 Å². The maximum Gasteiger partial charge on any atom is 0.229 e. The monoisotopic (exact) mass is 276 g/mol. The van der Waals surface area contributed by atoms with Crippen molar-refractivity contribution in [1.29, 1.82) is 0 Å². The van der Waals surface area contributed by atoms with Crippen molar-refractivity contribution in [1.82, 2.24) is 4.98 Å². The van der Waals surface area contributed by atoms with Gasteiger partial charge in [0.2, 0.25) is 5.89 Å². The molecule has 3 aromatic rings. The lowest BCUT2D eigenvalue weighted by Crippen LogP contribution is -1.90. The Bertz CT molecular complexity index is 782. The Morgan fingerprint density at radius 1 is 1.26 bits per heavy atom. The number of hydrogen-bond donors (Lipinski definition) is 1. The zero-order chi connectivity index (χ0) is 13.6. The van der Waals surface area contributed by atoms with E-state index in [0.717, 1.165) is 5.56 Å². The zero-order valence-electron chi connectivity index (χ0n) is 10.1. The van der Waals surface area contributed by atoms with E-state index in [0.29, 0.717) is 28.2 Å². The van der Waals surface area contributed by atoms with Crippen LogP contribution in [0.25, 0.3) is 22.6 Å². The molecule has 96 valence electrons. The third-order valence-corrected chi connectivity index (χ3v) is 3.13. The van der Waals surface area contributed by atoms with Crippen molar-refractivity contribution in [3.63, 3.8) is 0 Å². The second kappa shape index (κ2) is 4.24. The van der Waals surface area contributed by atoms with Crippen LogP contribution in [0.5, 0.6) is 0 Å². The molecule has 0 saturated carbocycles. The number of halogens is 2. The molecule has 3 rings (SSSR count). The lowest BCUT2D eigenvalue weighted by atomic mass is 10.1. The fraction of sp³-hybridized carbons (Fsp3) is 0.0714. The molecule has 1 heterocycles. The van der Waals surface area contributed by atoms with Crippen molar-refractivity contribution in [2.24, 2.45) is 0 Å². The van der Waals surface area contributed by atoms with E-state index in [-0.39, 0.29) is 5.02 Å². The predicted octanol–water partition coefficient (Wildman–Crippen LogP) is 4.18. The van der Waals surface area contributed by atoms with Crippen molar-refractivity contribution in [3.05, 3.63) is 46.7 Å². The van der Waals surface area contributed by atoms with Crippen LogP contribution < -0.4 is 5.73 Å². The Labute approximate surface area is 113 Å². The van der Waals surface area contributed by atoms with Gasteiger partial charge in [-0.3, -0.25) is 0 Å². The van der Waals surface area contributed by atoms with Gasteiger partial charge in [-0.15, -0.1) is 0 Å². The molecule has 0 aliphatic rings. The van der Waals surface area contributed by atoms with Crippen LogP contribution in [0.4, 0.5) is 10.1 Å². The summed E-state index contributed by atoms with van der Waals surface area (Å²) in [5.74, 6) is -0.113. The molecule has 0 atom stereocenters. The molecule has 2 N–H and O–H groups in total. The average molecular weight is 277 g/mol.